The monoisotopic (exact) mass is 309 g/mol. The molecule has 0 fully saturated rings. The van der Waals surface area contributed by atoms with Gasteiger partial charge < -0.3 is 20.2 Å². The molecule has 22 heavy (non-hydrogen) atoms. The number of hydrogen-bond donors (Lipinski definition) is 1. The van der Waals surface area contributed by atoms with E-state index in [-0.39, 0.29) is 29.2 Å². The van der Waals surface area contributed by atoms with Crippen LogP contribution in [0.3, 0.4) is 0 Å². The minimum absolute atomic E-state index is 0.0173. The fourth-order valence-corrected chi connectivity index (χ4v) is 2.56. The van der Waals surface area contributed by atoms with E-state index >= 15 is 0 Å². The second-order valence-electron chi connectivity index (χ2n) is 7.04. The smallest absolute Gasteiger partial charge is 0.406 e. The van der Waals surface area contributed by atoms with E-state index in [2.05, 4.69) is 31.1 Å². The average Bonchev–Trinajstić information content (AvgIpc) is 2.32. The molecule has 0 bridgehead atoms. The molecule has 0 aromatic carbocycles. The fourth-order valence-electron chi connectivity index (χ4n) is 2.56. The van der Waals surface area contributed by atoms with E-state index in [4.69, 9.17) is 4.74 Å². The molecular weight excluding hydrogens is 286 g/mol. The van der Waals surface area contributed by atoms with E-state index in [0.717, 1.165) is 6.42 Å². The van der Waals surface area contributed by atoms with Gasteiger partial charge in [0.05, 0.1) is 0 Å². The molecule has 7 nitrogen and oxygen atoms in total. The van der Waals surface area contributed by atoms with E-state index in [9.17, 15) is 14.9 Å². The third kappa shape index (κ3) is 6.07. The van der Waals surface area contributed by atoms with Gasteiger partial charge in [-0.3, -0.25) is 4.79 Å². The Morgan fingerprint density at radius 1 is 1.36 bits per heavy atom. The highest BCUT2D eigenvalue weighted by molar-refractivity contribution is 5.78. The number of rotatable bonds is 6. The second kappa shape index (κ2) is 6.72. The van der Waals surface area contributed by atoms with Gasteiger partial charge in [-0.15, -0.1) is 0 Å². The first-order valence-electron chi connectivity index (χ1n) is 7.03. The van der Waals surface area contributed by atoms with Gasteiger partial charge in [-0.2, -0.15) is 0 Å². The lowest BCUT2D eigenvalue weighted by atomic mass is 9.82. The first-order chi connectivity index (χ1) is 10.0. The summed E-state index contributed by atoms with van der Waals surface area (Å²) in [5, 5.41) is 13.7. The molecule has 1 N–H and O–H groups in total. The van der Waals surface area contributed by atoms with E-state index < -0.39 is 10.7 Å². The van der Waals surface area contributed by atoms with Crippen LogP contribution in [0.1, 0.15) is 41.0 Å². The van der Waals surface area contributed by atoms with Gasteiger partial charge in [0.1, 0.15) is 6.20 Å². The summed E-state index contributed by atoms with van der Waals surface area (Å²) in [6, 6.07) is 2.93. The molecule has 1 aromatic rings. The Kier molecular flexibility index (Phi) is 5.46. The number of ether oxygens (including phenoxy) is 1. The quantitative estimate of drug-likeness (QED) is 0.644. The lowest BCUT2D eigenvalue weighted by molar-refractivity contribution is -0.390. The van der Waals surface area contributed by atoms with Crippen molar-refractivity contribution in [1.29, 1.82) is 0 Å². The van der Waals surface area contributed by atoms with Gasteiger partial charge in [-0.05, 0) is 47.7 Å². The molecular formula is C15H23N3O4. The summed E-state index contributed by atoms with van der Waals surface area (Å²) in [5.74, 6) is -0.743. The van der Waals surface area contributed by atoms with Gasteiger partial charge in [-0.1, -0.05) is 20.8 Å². The molecule has 0 aliphatic carbocycles. The van der Waals surface area contributed by atoms with E-state index in [1.807, 2.05) is 13.8 Å². The number of nitro groups is 1. The van der Waals surface area contributed by atoms with Crippen LogP contribution in [0.5, 0.6) is 5.75 Å². The molecule has 0 radical (unpaired) electrons. The Hall–Kier alpha value is -2.18. The molecule has 0 unspecified atom stereocenters. The Morgan fingerprint density at radius 3 is 2.55 bits per heavy atom. The number of hydrogen-bond acceptors (Lipinski definition) is 5. The number of pyridine rings is 1. The Bertz CT molecular complexity index is 550. The van der Waals surface area contributed by atoms with Crippen LogP contribution in [0.15, 0.2) is 18.3 Å². The van der Waals surface area contributed by atoms with E-state index in [1.165, 1.54) is 18.3 Å². The fraction of sp³-hybridized carbons (Fsp3) is 0.600. The van der Waals surface area contributed by atoms with Gasteiger partial charge in [0.15, 0.2) is 6.61 Å². The molecule has 1 rings (SSSR count). The maximum atomic E-state index is 12.0. The highest BCUT2D eigenvalue weighted by Crippen LogP contribution is 2.27. The van der Waals surface area contributed by atoms with Crippen molar-refractivity contribution in [2.75, 3.05) is 6.61 Å². The van der Waals surface area contributed by atoms with Crippen LogP contribution in [0.25, 0.3) is 0 Å². The highest BCUT2D eigenvalue weighted by atomic mass is 16.6. The van der Waals surface area contributed by atoms with Crippen molar-refractivity contribution in [2.45, 2.75) is 46.6 Å². The average molecular weight is 309 g/mol. The normalized spacial score (nSPS) is 11.9. The van der Waals surface area contributed by atoms with Crippen molar-refractivity contribution in [3.05, 3.63) is 28.4 Å². The topological polar surface area (TPSA) is 94.4 Å². The second-order valence-corrected chi connectivity index (χ2v) is 7.04. The molecule has 1 amide bonds. The Balaban J connectivity index is 2.62. The number of amides is 1. The van der Waals surface area contributed by atoms with Crippen LogP contribution < -0.4 is 10.1 Å². The SMILES string of the molecule is CC(C)(C)CC(C)(C)NC(=O)COc1cccnc1[N+](=O)[O-]. The zero-order chi connectivity index (χ0) is 17.0. The number of nitrogens with one attached hydrogen (secondary N) is 1. The molecule has 0 aliphatic rings. The summed E-state index contributed by atoms with van der Waals surface area (Å²) in [4.78, 5) is 25.8. The van der Waals surface area contributed by atoms with Crippen LogP contribution >= 0.6 is 0 Å². The van der Waals surface area contributed by atoms with Crippen LogP contribution in [0, 0.1) is 15.5 Å². The summed E-state index contributed by atoms with van der Waals surface area (Å²) in [6.45, 7) is 9.86. The number of carbonyl (C=O) groups excluding carboxylic acids is 1. The van der Waals surface area contributed by atoms with Gasteiger partial charge in [-0.25, -0.2) is 0 Å². The van der Waals surface area contributed by atoms with Crippen LogP contribution in [-0.2, 0) is 4.79 Å². The lowest BCUT2D eigenvalue weighted by Crippen LogP contribution is -2.47. The zero-order valence-corrected chi connectivity index (χ0v) is 13.7. The highest BCUT2D eigenvalue weighted by Gasteiger charge is 2.27. The number of carbonyl (C=O) groups is 1. The standard InChI is InChI=1S/C15H23N3O4/c1-14(2,3)10-15(4,5)17-12(19)9-22-11-7-6-8-16-13(11)18(20)21/h6-8H,9-10H2,1-5H3,(H,17,19). The largest absolute Gasteiger partial charge is 0.476 e. The van der Waals surface area contributed by atoms with Gasteiger partial charge in [0, 0.05) is 5.54 Å². The van der Waals surface area contributed by atoms with Crippen molar-refractivity contribution >= 4 is 11.7 Å². The Morgan fingerprint density at radius 2 is 2.00 bits per heavy atom. The number of aromatic nitrogens is 1. The van der Waals surface area contributed by atoms with Gasteiger partial charge in [0.25, 0.3) is 5.91 Å². The molecule has 0 saturated heterocycles. The third-order valence-corrected chi connectivity index (χ3v) is 2.73. The molecule has 0 atom stereocenters. The Labute approximate surface area is 130 Å². The van der Waals surface area contributed by atoms with Crippen LogP contribution in [0.2, 0.25) is 0 Å². The van der Waals surface area contributed by atoms with Gasteiger partial charge >= 0.3 is 5.82 Å². The van der Waals surface area contributed by atoms with Crippen molar-refractivity contribution in [3.8, 4) is 5.75 Å². The van der Waals surface area contributed by atoms with Crippen LogP contribution in [-0.4, -0.2) is 28.0 Å². The minimum Gasteiger partial charge on any atom is -0.476 e. The van der Waals surface area contributed by atoms with Gasteiger partial charge in [0.2, 0.25) is 5.75 Å². The van der Waals surface area contributed by atoms with E-state index in [0.29, 0.717) is 0 Å². The summed E-state index contributed by atoms with van der Waals surface area (Å²) >= 11 is 0. The summed E-state index contributed by atoms with van der Waals surface area (Å²) in [5.41, 5.74) is -0.320. The van der Waals surface area contributed by atoms with E-state index in [1.54, 1.807) is 0 Å². The first kappa shape index (κ1) is 17.9. The molecule has 1 aromatic heterocycles. The van der Waals surface area contributed by atoms with Crippen molar-refractivity contribution < 1.29 is 14.5 Å². The molecule has 1 heterocycles. The summed E-state index contributed by atoms with van der Waals surface area (Å²) < 4.78 is 5.22. The number of nitrogens with zero attached hydrogens (tertiary/aromatic N) is 2. The van der Waals surface area contributed by atoms with Crippen molar-refractivity contribution in [2.24, 2.45) is 5.41 Å². The predicted octanol–water partition coefficient (Wildman–Crippen LogP) is 2.70. The zero-order valence-electron chi connectivity index (χ0n) is 13.7. The van der Waals surface area contributed by atoms with Crippen LogP contribution in [0.4, 0.5) is 5.82 Å². The minimum atomic E-state index is -0.642. The van der Waals surface area contributed by atoms with Crippen molar-refractivity contribution in [1.82, 2.24) is 10.3 Å². The first-order valence-corrected chi connectivity index (χ1v) is 7.03. The van der Waals surface area contributed by atoms with Crippen molar-refractivity contribution in [3.63, 3.8) is 0 Å². The summed E-state index contributed by atoms with van der Waals surface area (Å²) in [6.07, 6.45) is 2.09. The lowest BCUT2D eigenvalue weighted by Gasteiger charge is -2.33. The molecule has 0 aliphatic heterocycles. The maximum absolute atomic E-state index is 12.0. The molecule has 0 spiro atoms. The predicted molar refractivity (Wildman–Crippen MR) is 82.7 cm³/mol. The molecule has 122 valence electrons. The third-order valence-electron chi connectivity index (χ3n) is 2.73. The molecule has 0 saturated carbocycles. The summed E-state index contributed by atoms with van der Waals surface area (Å²) in [7, 11) is 0. The molecule has 7 heteroatoms. The maximum Gasteiger partial charge on any atom is 0.406 e.